The Morgan fingerprint density at radius 2 is 2.33 bits per heavy atom. The van der Waals surface area contributed by atoms with Crippen molar-refractivity contribution in [3.8, 4) is 17.6 Å². The lowest BCUT2D eigenvalue weighted by molar-refractivity contribution is 0.408. The summed E-state index contributed by atoms with van der Waals surface area (Å²) < 4.78 is 7.33. The van der Waals surface area contributed by atoms with E-state index >= 15 is 0 Å². The number of benzene rings is 1. The zero-order valence-corrected chi connectivity index (χ0v) is 10.3. The molecule has 2 aromatic rings. The third-order valence-electron chi connectivity index (χ3n) is 2.53. The van der Waals surface area contributed by atoms with E-state index in [1.54, 1.807) is 19.6 Å². The molecular weight excluding hydrogens is 226 g/mol. The van der Waals surface area contributed by atoms with E-state index in [1.807, 2.05) is 29.0 Å². The van der Waals surface area contributed by atoms with Gasteiger partial charge in [0.05, 0.1) is 26.5 Å². The van der Waals surface area contributed by atoms with Gasteiger partial charge in [-0.2, -0.15) is 0 Å². The monoisotopic (exact) mass is 241 g/mol. The van der Waals surface area contributed by atoms with Crippen molar-refractivity contribution in [2.75, 3.05) is 13.7 Å². The third kappa shape index (κ3) is 2.90. The first-order valence-electron chi connectivity index (χ1n) is 5.65. The molecule has 2 rings (SSSR count). The van der Waals surface area contributed by atoms with Crippen LogP contribution in [0.3, 0.4) is 0 Å². The highest BCUT2D eigenvalue weighted by molar-refractivity contribution is 5.44. The fourth-order valence-corrected chi connectivity index (χ4v) is 1.71. The summed E-state index contributed by atoms with van der Waals surface area (Å²) in [6, 6.07) is 5.87. The molecule has 1 aromatic heterocycles. The second-order valence-electron chi connectivity index (χ2n) is 3.77. The highest BCUT2D eigenvalue weighted by Gasteiger charge is 2.04. The molecule has 0 saturated heterocycles. The van der Waals surface area contributed by atoms with Crippen LogP contribution in [0, 0.1) is 11.8 Å². The van der Waals surface area contributed by atoms with Gasteiger partial charge in [0.15, 0.2) is 0 Å². The molecule has 0 aliphatic heterocycles. The van der Waals surface area contributed by atoms with Gasteiger partial charge in [-0.3, -0.25) is 0 Å². The van der Waals surface area contributed by atoms with E-state index in [-0.39, 0.29) is 0 Å². The van der Waals surface area contributed by atoms with Crippen LogP contribution >= 0.6 is 0 Å². The molecule has 4 heteroatoms. The van der Waals surface area contributed by atoms with Crippen molar-refractivity contribution in [3.05, 3.63) is 48.0 Å². The fourth-order valence-electron chi connectivity index (χ4n) is 1.71. The maximum atomic E-state index is 5.37. The van der Waals surface area contributed by atoms with Crippen molar-refractivity contribution < 1.29 is 4.74 Å². The molecule has 0 aliphatic carbocycles. The minimum atomic E-state index is 0.364. The summed E-state index contributed by atoms with van der Waals surface area (Å²) in [5, 5.41) is 0. The highest BCUT2D eigenvalue weighted by atomic mass is 16.5. The second-order valence-corrected chi connectivity index (χ2v) is 3.77. The van der Waals surface area contributed by atoms with E-state index in [4.69, 9.17) is 10.5 Å². The lowest BCUT2D eigenvalue weighted by atomic mass is 10.1. The number of hydrogen-bond acceptors (Lipinski definition) is 3. The summed E-state index contributed by atoms with van der Waals surface area (Å²) in [4.78, 5) is 4.02. The molecule has 0 saturated carbocycles. The average Bonchev–Trinajstić information content (AvgIpc) is 2.89. The number of nitrogens with two attached hydrogens (primary N) is 1. The van der Waals surface area contributed by atoms with Gasteiger partial charge in [0, 0.05) is 23.5 Å². The second kappa shape index (κ2) is 5.89. The Morgan fingerprint density at radius 3 is 3.00 bits per heavy atom. The van der Waals surface area contributed by atoms with Gasteiger partial charge in [0.2, 0.25) is 0 Å². The van der Waals surface area contributed by atoms with Crippen LogP contribution < -0.4 is 10.5 Å². The van der Waals surface area contributed by atoms with Crippen molar-refractivity contribution in [1.29, 1.82) is 0 Å². The maximum absolute atomic E-state index is 5.37. The highest BCUT2D eigenvalue weighted by Crippen LogP contribution is 2.20. The van der Waals surface area contributed by atoms with Gasteiger partial charge in [-0.1, -0.05) is 11.8 Å². The minimum absolute atomic E-state index is 0.364. The Morgan fingerprint density at radius 1 is 1.44 bits per heavy atom. The van der Waals surface area contributed by atoms with Crippen LogP contribution in [0.5, 0.6) is 5.75 Å². The Labute approximate surface area is 106 Å². The molecular formula is C14H15N3O. The average molecular weight is 241 g/mol. The maximum Gasteiger partial charge on any atom is 0.123 e. The van der Waals surface area contributed by atoms with Crippen molar-refractivity contribution >= 4 is 0 Å². The van der Waals surface area contributed by atoms with Gasteiger partial charge >= 0.3 is 0 Å². The minimum Gasteiger partial charge on any atom is -0.496 e. The van der Waals surface area contributed by atoms with Crippen molar-refractivity contribution in [2.45, 2.75) is 6.54 Å². The summed E-state index contributed by atoms with van der Waals surface area (Å²) in [7, 11) is 1.66. The number of imidazole rings is 1. The Balaban J connectivity index is 2.30. The Hall–Kier alpha value is -2.25. The summed E-state index contributed by atoms with van der Waals surface area (Å²) in [6.45, 7) is 1.07. The van der Waals surface area contributed by atoms with Crippen molar-refractivity contribution in [3.63, 3.8) is 0 Å². The summed E-state index contributed by atoms with van der Waals surface area (Å²) >= 11 is 0. The molecule has 1 aromatic carbocycles. The molecule has 0 atom stereocenters. The van der Waals surface area contributed by atoms with Crippen LogP contribution in [-0.4, -0.2) is 23.2 Å². The van der Waals surface area contributed by atoms with Gasteiger partial charge in [0.1, 0.15) is 5.75 Å². The molecule has 1 heterocycles. The van der Waals surface area contributed by atoms with Crippen LogP contribution in [0.15, 0.2) is 36.9 Å². The Bertz CT molecular complexity index is 564. The molecule has 2 N–H and O–H groups in total. The molecule has 0 unspecified atom stereocenters. The van der Waals surface area contributed by atoms with E-state index in [0.717, 1.165) is 16.9 Å². The first-order chi connectivity index (χ1) is 8.83. The lowest BCUT2D eigenvalue weighted by Crippen LogP contribution is -2.00. The SMILES string of the molecule is COc1ccc(C#CCN)cc1Cn1ccnc1. The van der Waals surface area contributed by atoms with Crippen molar-refractivity contribution in [2.24, 2.45) is 5.73 Å². The number of methoxy groups -OCH3 is 1. The van der Waals surface area contributed by atoms with E-state index in [9.17, 15) is 0 Å². The van der Waals surface area contributed by atoms with Gasteiger partial charge in [0.25, 0.3) is 0 Å². The first kappa shape index (κ1) is 12.2. The van der Waals surface area contributed by atoms with Crippen LogP contribution in [0.1, 0.15) is 11.1 Å². The third-order valence-corrected chi connectivity index (χ3v) is 2.53. The fraction of sp³-hybridized carbons (Fsp3) is 0.214. The molecule has 92 valence electrons. The largest absolute Gasteiger partial charge is 0.496 e. The number of hydrogen-bond donors (Lipinski definition) is 1. The molecule has 0 spiro atoms. The summed E-state index contributed by atoms with van der Waals surface area (Å²) in [5.74, 6) is 6.72. The molecule has 0 bridgehead atoms. The molecule has 4 nitrogen and oxygen atoms in total. The predicted molar refractivity (Wildman–Crippen MR) is 70.3 cm³/mol. The number of nitrogens with zero attached hydrogens (tertiary/aromatic N) is 2. The Kier molecular flexibility index (Phi) is 4.00. The van der Waals surface area contributed by atoms with Gasteiger partial charge in [-0.25, -0.2) is 4.98 Å². The normalized spacial score (nSPS) is 9.67. The predicted octanol–water partition coefficient (Wildman–Crippen LogP) is 1.25. The summed E-state index contributed by atoms with van der Waals surface area (Å²) in [5.41, 5.74) is 7.38. The van der Waals surface area contributed by atoms with E-state index in [2.05, 4.69) is 16.8 Å². The zero-order valence-electron chi connectivity index (χ0n) is 10.3. The van der Waals surface area contributed by atoms with Gasteiger partial charge in [-0.15, -0.1) is 0 Å². The lowest BCUT2D eigenvalue weighted by Gasteiger charge is -2.09. The quantitative estimate of drug-likeness (QED) is 0.823. The van der Waals surface area contributed by atoms with Crippen LogP contribution in [-0.2, 0) is 6.54 Å². The van der Waals surface area contributed by atoms with Crippen LogP contribution in [0.4, 0.5) is 0 Å². The summed E-state index contributed by atoms with van der Waals surface area (Å²) in [6.07, 6.45) is 5.44. The van der Waals surface area contributed by atoms with Gasteiger partial charge in [-0.05, 0) is 18.2 Å². The molecule has 0 amide bonds. The van der Waals surface area contributed by atoms with E-state index < -0.39 is 0 Å². The molecule has 0 fully saturated rings. The van der Waals surface area contributed by atoms with Crippen molar-refractivity contribution in [1.82, 2.24) is 9.55 Å². The van der Waals surface area contributed by atoms with Crippen LogP contribution in [0.2, 0.25) is 0 Å². The van der Waals surface area contributed by atoms with Gasteiger partial charge < -0.3 is 15.0 Å². The number of rotatable bonds is 3. The van der Waals surface area contributed by atoms with Crippen LogP contribution in [0.25, 0.3) is 0 Å². The van der Waals surface area contributed by atoms with E-state index in [1.165, 1.54) is 0 Å². The van der Waals surface area contributed by atoms with E-state index in [0.29, 0.717) is 13.1 Å². The number of aromatic nitrogens is 2. The number of ether oxygens (including phenoxy) is 1. The standard InChI is InChI=1S/C14H15N3O/c1-18-14-5-4-12(3-2-6-15)9-13(14)10-17-8-7-16-11-17/h4-5,7-9,11H,6,10,15H2,1H3. The topological polar surface area (TPSA) is 53.1 Å². The smallest absolute Gasteiger partial charge is 0.123 e. The zero-order chi connectivity index (χ0) is 12.8. The molecule has 0 radical (unpaired) electrons. The molecule has 18 heavy (non-hydrogen) atoms. The first-order valence-corrected chi connectivity index (χ1v) is 5.65. The molecule has 0 aliphatic rings.